The second-order valence-electron chi connectivity index (χ2n) is 4.49. The minimum atomic E-state index is -0.0284. The molecule has 1 aliphatic carbocycles. The van der Waals surface area contributed by atoms with E-state index in [4.69, 9.17) is 0 Å². The quantitative estimate of drug-likeness (QED) is 0.853. The van der Waals surface area contributed by atoms with Crippen molar-refractivity contribution in [2.24, 2.45) is 0 Å². The molecule has 0 bridgehead atoms. The van der Waals surface area contributed by atoms with Crippen LogP contribution in [0.1, 0.15) is 36.0 Å². The summed E-state index contributed by atoms with van der Waals surface area (Å²) >= 11 is 1.57. The van der Waals surface area contributed by atoms with Crippen LogP contribution in [0.5, 0.6) is 0 Å². The summed E-state index contributed by atoms with van der Waals surface area (Å²) in [6.07, 6.45) is 4.69. The molecule has 0 unspecified atom stereocenters. The van der Waals surface area contributed by atoms with E-state index < -0.39 is 0 Å². The normalized spacial score (nSPS) is 16.6. The average molecular weight is 263 g/mol. The van der Waals surface area contributed by atoms with Crippen LogP contribution in [-0.2, 0) is 4.79 Å². The van der Waals surface area contributed by atoms with E-state index in [0.29, 0.717) is 18.6 Å². The Labute approximate surface area is 111 Å². The van der Waals surface area contributed by atoms with Crippen molar-refractivity contribution < 1.29 is 9.59 Å². The van der Waals surface area contributed by atoms with E-state index in [2.05, 4.69) is 5.32 Å². The van der Waals surface area contributed by atoms with Gasteiger partial charge in [-0.2, -0.15) is 0 Å². The maximum absolute atomic E-state index is 12.2. The maximum atomic E-state index is 12.2. The van der Waals surface area contributed by atoms with Crippen molar-refractivity contribution in [3.63, 3.8) is 0 Å². The van der Waals surface area contributed by atoms with Crippen molar-refractivity contribution >= 4 is 23.5 Å². The van der Waals surface area contributed by atoms with E-state index in [9.17, 15) is 9.59 Å². The van der Waals surface area contributed by atoms with Gasteiger partial charge in [0.2, 0.25) is 0 Å². The van der Waals surface area contributed by atoms with Crippen molar-refractivity contribution in [2.45, 2.75) is 36.6 Å². The Morgan fingerprint density at radius 3 is 2.61 bits per heavy atom. The molecular formula is C14H17NO2S. The second kappa shape index (κ2) is 6.05. The summed E-state index contributed by atoms with van der Waals surface area (Å²) in [4.78, 5) is 24.3. The third-order valence-corrected chi connectivity index (χ3v) is 4.03. The molecule has 96 valence electrons. The average Bonchev–Trinajstić information content (AvgIpc) is 2.41. The van der Waals surface area contributed by atoms with Crippen molar-refractivity contribution in [1.82, 2.24) is 5.32 Å². The molecule has 2 rings (SSSR count). The molecule has 4 heteroatoms. The fourth-order valence-corrected chi connectivity index (χ4v) is 2.77. The molecule has 3 nitrogen and oxygen atoms in total. The summed E-state index contributed by atoms with van der Waals surface area (Å²) in [5, 5.41) is 3.03. The Morgan fingerprint density at radius 2 is 1.94 bits per heavy atom. The highest BCUT2D eigenvalue weighted by Crippen LogP contribution is 2.21. The molecule has 1 amide bonds. The first kappa shape index (κ1) is 13.1. The lowest BCUT2D eigenvalue weighted by Crippen LogP contribution is -2.37. The summed E-state index contributed by atoms with van der Waals surface area (Å²) in [5.74, 6) is 0.282. The Bertz CT molecular complexity index is 449. The number of rotatable bonds is 3. The van der Waals surface area contributed by atoms with E-state index in [1.807, 2.05) is 30.5 Å². The number of Topliss-reactive ketones (excluding diaryl/α,β-unsaturated/α-hetero) is 1. The second-order valence-corrected chi connectivity index (χ2v) is 5.33. The van der Waals surface area contributed by atoms with E-state index in [-0.39, 0.29) is 11.9 Å². The standard InChI is InChI=1S/C14H17NO2S/c1-18-13-5-3-2-4-12(13)14(17)15-10-6-8-11(16)9-7-10/h2-5,10H,6-9H2,1H3,(H,15,17). The van der Waals surface area contributed by atoms with Gasteiger partial charge in [0, 0.05) is 23.8 Å². The molecular weight excluding hydrogens is 246 g/mol. The van der Waals surface area contributed by atoms with Gasteiger partial charge >= 0.3 is 0 Å². The third-order valence-electron chi connectivity index (χ3n) is 3.23. The van der Waals surface area contributed by atoms with Crippen LogP contribution in [0.3, 0.4) is 0 Å². The smallest absolute Gasteiger partial charge is 0.252 e. The van der Waals surface area contributed by atoms with Gasteiger partial charge in [-0.3, -0.25) is 9.59 Å². The molecule has 1 N–H and O–H groups in total. The minimum Gasteiger partial charge on any atom is -0.349 e. The van der Waals surface area contributed by atoms with Gasteiger partial charge in [0.15, 0.2) is 0 Å². The number of carbonyl (C=O) groups is 2. The molecule has 0 heterocycles. The first-order chi connectivity index (χ1) is 8.70. The van der Waals surface area contributed by atoms with Gasteiger partial charge in [-0.1, -0.05) is 12.1 Å². The van der Waals surface area contributed by atoms with E-state index in [1.165, 1.54) is 0 Å². The molecule has 0 aliphatic heterocycles. The zero-order chi connectivity index (χ0) is 13.0. The number of carbonyl (C=O) groups excluding carboxylic acids is 2. The molecule has 0 radical (unpaired) electrons. The first-order valence-corrected chi connectivity index (χ1v) is 7.38. The Balaban J connectivity index is 2.01. The van der Waals surface area contributed by atoms with E-state index in [0.717, 1.165) is 23.3 Å². The molecule has 0 spiro atoms. The molecule has 18 heavy (non-hydrogen) atoms. The SMILES string of the molecule is CSc1ccccc1C(=O)NC1CCC(=O)CC1. The maximum Gasteiger partial charge on any atom is 0.252 e. The highest BCUT2D eigenvalue weighted by molar-refractivity contribution is 7.98. The number of nitrogens with one attached hydrogen (secondary N) is 1. The fourth-order valence-electron chi connectivity index (χ4n) is 2.18. The van der Waals surface area contributed by atoms with Crippen LogP contribution in [0.15, 0.2) is 29.2 Å². The summed E-state index contributed by atoms with van der Waals surface area (Å²) in [5.41, 5.74) is 0.724. The number of benzene rings is 1. The van der Waals surface area contributed by atoms with Crippen LogP contribution in [0, 0.1) is 0 Å². The highest BCUT2D eigenvalue weighted by atomic mass is 32.2. The van der Waals surface area contributed by atoms with E-state index >= 15 is 0 Å². The largest absolute Gasteiger partial charge is 0.349 e. The highest BCUT2D eigenvalue weighted by Gasteiger charge is 2.21. The Kier molecular flexibility index (Phi) is 4.42. The topological polar surface area (TPSA) is 46.2 Å². The molecule has 0 atom stereocenters. The predicted molar refractivity (Wildman–Crippen MR) is 73.0 cm³/mol. The van der Waals surface area contributed by atoms with Crippen LogP contribution in [0.2, 0.25) is 0 Å². The van der Waals surface area contributed by atoms with Gasteiger partial charge in [-0.25, -0.2) is 0 Å². The van der Waals surface area contributed by atoms with Gasteiger partial charge in [-0.15, -0.1) is 11.8 Å². The zero-order valence-electron chi connectivity index (χ0n) is 10.4. The molecule has 1 aliphatic rings. The fraction of sp³-hybridized carbons (Fsp3) is 0.429. The van der Waals surface area contributed by atoms with Gasteiger partial charge < -0.3 is 5.32 Å². The van der Waals surface area contributed by atoms with Crippen molar-refractivity contribution in [3.8, 4) is 0 Å². The van der Waals surface area contributed by atoms with Crippen LogP contribution in [0.25, 0.3) is 0 Å². The molecule has 0 aromatic heterocycles. The predicted octanol–water partition coefficient (Wildman–Crippen LogP) is 2.65. The molecule has 1 aromatic rings. The van der Waals surface area contributed by atoms with Crippen LogP contribution >= 0.6 is 11.8 Å². The number of hydrogen-bond donors (Lipinski definition) is 1. The van der Waals surface area contributed by atoms with Gasteiger partial charge in [0.25, 0.3) is 5.91 Å². The molecule has 1 fully saturated rings. The van der Waals surface area contributed by atoms with E-state index in [1.54, 1.807) is 11.8 Å². The number of hydrogen-bond acceptors (Lipinski definition) is 3. The summed E-state index contributed by atoms with van der Waals surface area (Å²) < 4.78 is 0. The van der Waals surface area contributed by atoms with Gasteiger partial charge in [0.05, 0.1) is 5.56 Å². The lowest BCUT2D eigenvalue weighted by molar-refractivity contribution is -0.120. The number of ketones is 1. The molecule has 1 aromatic carbocycles. The summed E-state index contributed by atoms with van der Waals surface area (Å²) in [6, 6.07) is 7.74. The van der Waals surface area contributed by atoms with Gasteiger partial charge in [-0.05, 0) is 31.2 Å². The third kappa shape index (κ3) is 3.13. The van der Waals surface area contributed by atoms with Crippen LogP contribution < -0.4 is 5.32 Å². The summed E-state index contributed by atoms with van der Waals surface area (Å²) in [7, 11) is 0. The van der Waals surface area contributed by atoms with Crippen molar-refractivity contribution in [3.05, 3.63) is 29.8 Å². The molecule has 1 saturated carbocycles. The lowest BCUT2D eigenvalue weighted by Gasteiger charge is -2.22. The lowest BCUT2D eigenvalue weighted by atomic mass is 9.94. The summed E-state index contributed by atoms with van der Waals surface area (Å²) in [6.45, 7) is 0. The van der Waals surface area contributed by atoms with Crippen LogP contribution in [-0.4, -0.2) is 24.0 Å². The Hall–Kier alpha value is -1.29. The molecule has 0 saturated heterocycles. The van der Waals surface area contributed by atoms with Gasteiger partial charge in [0.1, 0.15) is 5.78 Å². The Morgan fingerprint density at radius 1 is 1.28 bits per heavy atom. The zero-order valence-corrected chi connectivity index (χ0v) is 11.3. The van der Waals surface area contributed by atoms with Crippen molar-refractivity contribution in [1.29, 1.82) is 0 Å². The number of amides is 1. The van der Waals surface area contributed by atoms with Crippen LogP contribution in [0.4, 0.5) is 0 Å². The van der Waals surface area contributed by atoms with Crippen molar-refractivity contribution in [2.75, 3.05) is 6.26 Å². The monoisotopic (exact) mass is 263 g/mol. The minimum absolute atomic E-state index is 0.0284. The number of thioether (sulfide) groups is 1. The first-order valence-electron chi connectivity index (χ1n) is 6.16.